The van der Waals surface area contributed by atoms with Gasteiger partial charge in [-0.05, 0) is 31.2 Å². The summed E-state index contributed by atoms with van der Waals surface area (Å²) in [7, 11) is 0. The smallest absolute Gasteiger partial charge is 0.186 e. The van der Waals surface area contributed by atoms with Crippen LogP contribution in [-0.2, 0) is 21.0 Å². The summed E-state index contributed by atoms with van der Waals surface area (Å²) in [6.07, 6.45) is 2.20. The van der Waals surface area contributed by atoms with Crippen LogP contribution in [0.25, 0.3) is 0 Å². The SMILES string of the molecule is [O]C1CCCOC1OCCCc1ccccc1. The first-order valence-electron chi connectivity index (χ1n) is 6.29. The van der Waals surface area contributed by atoms with Crippen molar-refractivity contribution in [3.63, 3.8) is 0 Å². The summed E-state index contributed by atoms with van der Waals surface area (Å²) in [6.45, 7) is 1.25. The van der Waals surface area contributed by atoms with Crippen molar-refractivity contribution in [3.05, 3.63) is 35.9 Å². The monoisotopic (exact) mass is 235 g/mol. The lowest BCUT2D eigenvalue weighted by atomic mass is 10.1. The van der Waals surface area contributed by atoms with Crippen molar-refractivity contribution >= 4 is 0 Å². The van der Waals surface area contributed by atoms with Crippen LogP contribution in [0.3, 0.4) is 0 Å². The Hall–Kier alpha value is -0.900. The summed E-state index contributed by atoms with van der Waals surface area (Å²) in [6, 6.07) is 10.3. The molecule has 2 rings (SSSR count). The maximum atomic E-state index is 11.5. The van der Waals surface area contributed by atoms with Crippen LogP contribution in [-0.4, -0.2) is 25.6 Å². The van der Waals surface area contributed by atoms with Crippen molar-refractivity contribution in [3.8, 4) is 0 Å². The molecule has 0 saturated carbocycles. The summed E-state index contributed by atoms with van der Waals surface area (Å²) in [4.78, 5) is 0. The van der Waals surface area contributed by atoms with E-state index in [4.69, 9.17) is 9.47 Å². The van der Waals surface area contributed by atoms with Gasteiger partial charge < -0.3 is 9.47 Å². The third kappa shape index (κ3) is 4.11. The first-order valence-corrected chi connectivity index (χ1v) is 6.29. The predicted molar refractivity (Wildman–Crippen MR) is 64.2 cm³/mol. The summed E-state index contributed by atoms with van der Waals surface area (Å²) in [5.41, 5.74) is 1.30. The largest absolute Gasteiger partial charge is 0.350 e. The van der Waals surface area contributed by atoms with Gasteiger partial charge in [-0.15, -0.1) is 0 Å². The molecule has 3 nitrogen and oxygen atoms in total. The van der Waals surface area contributed by atoms with Crippen molar-refractivity contribution in [1.82, 2.24) is 0 Å². The summed E-state index contributed by atoms with van der Waals surface area (Å²) < 4.78 is 10.8. The number of ether oxygens (including phenoxy) is 2. The fraction of sp³-hybridized carbons (Fsp3) is 0.571. The minimum Gasteiger partial charge on any atom is -0.350 e. The normalized spacial score (nSPS) is 24.8. The number of rotatable bonds is 5. The van der Waals surface area contributed by atoms with E-state index in [1.54, 1.807) is 0 Å². The Balaban J connectivity index is 1.63. The third-order valence-electron chi connectivity index (χ3n) is 2.95. The molecule has 93 valence electrons. The zero-order valence-electron chi connectivity index (χ0n) is 10.0. The summed E-state index contributed by atoms with van der Waals surface area (Å²) >= 11 is 0. The number of hydrogen-bond donors (Lipinski definition) is 0. The first-order chi connectivity index (χ1) is 8.36. The second-order valence-corrected chi connectivity index (χ2v) is 4.38. The average molecular weight is 235 g/mol. The number of aryl methyl sites for hydroxylation is 1. The fourth-order valence-electron chi connectivity index (χ4n) is 2.00. The van der Waals surface area contributed by atoms with Gasteiger partial charge in [0.2, 0.25) is 0 Å². The average Bonchev–Trinajstić information content (AvgIpc) is 2.38. The van der Waals surface area contributed by atoms with E-state index in [0.29, 0.717) is 19.6 Å². The van der Waals surface area contributed by atoms with Crippen LogP contribution in [0, 0.1) is 0 Å². The van der Waals surface area contributed by atoms with Gasteiger partial charge in [0.1, 0.15) is 6.10 Å². The highest BCUT2D eigenvalue weighted by molar-refractivity contribution is 5.14. The van der Waals surface area contributed by atoms with E-state index in [2.05, 4.69) is 12.1 Å². The summed E-state index contributed by atoms with van der Waals surface area (Å²) in [5.74, 6) is 0. The molecule has 1 aromatic rings. The van der Waals surface area contributed by atoms with E-state index in [9.17, 15) is 5.11 Å². The van der Waals surface area contributed by atoms with Crippen molar-refractivity contribution in [2.24, 2.45) is 0 Å². The predicted octanol–water partition coefficient (Wildman–Crippen LogP) is 2.57. The third-order valence-corrected chi connectivity index (χ3v) is 2.95. The molecule has 1 heterocycles. The Labute approximate surface area is 102 Å². The van der Waals surface area contributed by atoms with Crippen LogP contribution in [0.1, 0.15) is 24.8 Å². The van der Waals surface area contributed by atoms with Crippen LogP contribution >= 0.6 is 0 Å². The van der Waals surface area contributed by atoms with Gasteiger partial charge in [-0.25, -0.2) is 5.11 Å². The minimum absolute atomic E-state index is 0.528. The van der Waals surface area contributed by atoms with Gasteiger partial charge in [-0.2, -0.15) is 0 Å². The molecule has 0 spiro atoms. The van der Waals surface area contributed by atoms with Crippen molar-refractivity contribution in [2.75, 3.05) is 13.2 Å². The minimum atomic E-state index is -0.708. The molecule has 0 aromatic heterocycles. The molecule has 1 radical (unpaired) electrons. The van der Waals surface area contributed by atoms with Gasteiger partial charge in [0.25, 0.3) is 0 Å². The van der Waals surface area contributed by atoms with Crippen LogP contribution in [0.2, 0.25) is 0 Å². The molecule has 1 aliphatic rings. The molecule has 0 amide bonds. The molecule has 3 heteroatoms. The van der Waals surface area contributed by atoms with Crippen LogP contribution < -0.4 is 0 Å². The molecule has 1 aromatic carbocycles. The van der Waals surface area contributed by atoms with Gasteiger partial charge >= 0.3 is 0 Å². The molecule has 0 N–H and O–H groups in total. The summed E-state index contributed by atoms with van der Waals surface area (Å²) in [5, 5.41) is 11.5. The highest BCUT2D eigenvalue weighted by Crippen LogP contribution is 2.15. The Morgan fingerprint density at radius 3 is 2.88 bits per heavy atom. The molecule has 2 unspecified atom stereocenters. The maximum Gasteiger partial charge on any atom is 0.186 e. The van der Waals surface area contributed by atoms with E-state index in [1.165, 1.54) is 5.56 Å². The van der Waals surface area contributed by atoms with Crippen molar-refractivity contribution in [1.29, 1.82) is 0 Å². The quantitative estimate of drug-likeness (QED) is 0.736. The fourth-order valence-corrected chi connectivity index (χ4v) is 2.00. The van der Waals surface area contributed by atoms with Gasteiger partial charge in [0, 0.05) is 6.61 Å². The van der Waals surface area contributed by atoms with Gasteiger partial charge in [0.15, 0.2) is 6.29 Å². The van der Waals surface area contributed by atoms with E-state index in [1.807, 2.05) is 18.2 Å². The lowest BCUT2D eigenvalue weighted by Gasteiger charge is -2.26. The van der Waals surface area contributed by atoms with E-state index in [-0.39, 0.29) is 0 Å². The van der Waals surface area contributed by atoms with Crippen molar-refractivity contribution in [2.45, 2.75) is 38.1 Å². The van der Waals surface area contributed by atoms with E-state index in [0.717, 1.165) is 19.3 Å². The highest BCUT2D eigenvalue weighted by Gasteiger charge is 2.25. The molecule has 0 bridgehead atoms. The lowest BCUT2D eigenvalue weighted by molar-refractivity contribution is -0.228. The second-order valence-electron chi connectivity index (χ2n) is 4.38. The zero-order valence-corrected chi connectivity index (χ0v) is 10.0. The highest BCUT2D eigenvalue weighted by atomic mass is 16.7. The molecule has 17 heavy (non-hydrogen) atoms. The van der Waals surface area contributed by atoms with Gasteiger partial charge in [-0.3, -0.25) is 0 Å². The molecule has 1 saturated heterocycles. The second kappa shape index (κ2) is 6.74. The topological polar surface area (TPSA) is 38.4 Å². The number of benzene rings is 1. The standard InChI is InChI=1S/C14H19O3/c15-13-9-5-11-17-14(13)16-10-4-8-12-6-2-1-3-7-12/h1-3,6-7,13-14H,4-5,8-11H2. The number of hydrogen-bond acceptors (Lipinski definition) is 2. The van der Waals surface area contributed by atoms with Crippen LogP contribution in [0.5, 0.6) is 0 Å². The first kappa shape index (κ1) is 12.6. The Kier molecular flexibility index (Phi) is 4.98. The van der Waals surface area contributed by atoms with Gasteiger partial charge in [0.05, 0.1) is 6.61 Å². The van der Waals surface area contributed by atoms with Crippen LogP contribution in [0.4, 0.5) is 0 Å². The van der Waals surface area contributed by atoms with Gasteiger partial charge in [-0.1, -0.05) is 30.3 Å². The molecule has 0 aliphatic carbocycles. The Morgan fingerprint density at radius 1 is 1.29 bits per heavy atom. The lowest BCUT2D eigenvalue weighted by Crippen LogP contribution is -2.35. The molecule has 2 atom stereocenters. The molecular weight excluding hydrogens is 216 g/mol. The molecular formula is C14H19O3. The van der Waals surface area contributed by atoms with Crippen molar-refractivity contribution < 1.29 is 14.6 Å². The molecule has 1 aliphatic heterocycles. The zero-order chi connectivity index (χ0) is 11.9. The molecule has 1 fully saturated rings. The maximum absolute atomic E-state index is 11.5. The Bertz CT molecular complexity index is 313. The Morgan fingerprint density at radius 2 is 2.12 bits per heavy atom. The van der Waals surface area contributed by atoms with Crippen LogP contribution in [0.15, 0.2) is 30.3 Å². The van der Waals surface area contributed by atoms with E-state index < -0.39 is 12.4 Å². The van der Waals surface area contributed by atoms with E-state index >= 15 is 0 Å².